The quantitative estimate of drug-likeness (QED) is 0.650. The van der Waals surface area contributed by atoms with E-state index in [4.69, 9.17) is 0 Å². The molecule has 1 unspecified atom stereocenters. The standard InChI is InChI=1S/C12H25NO2/c1-3-11(2,10-14)13-9-12(15)7-5-4-6-8-12/h13-15H,3-10H2,1-2H3. The van der Waals surface area contributed by atoms with Crippen LogP contribution >= 0.6 is 0 Å². The number of nitrogens with one attached hydrogen (secondary N) is 1. The molecule has 0 heterocycles. The summed E-state index contributed by atoms with van der Waals surface area (Å²) in [7, 11) is 0. The summed E-state index contributed by atoms with van der Waals surface area (Å²) in [4.78, 5) is 0. The zero-order valence-electron chi connectivity index (χ0n) is 10.1. The lowest BCUT2D eigenvalue weighted by atomic mass is 9.84. The second-order valence-corrected chi connectivity index (χ2v) is 5.21. The molecule has 1 aliphatic carbocycles. The van der Waals surface area contributed by atoms with Crippen LogP contribution in [0.1, 0.15) is 52.4 Å². The molecule has 1 fully saturated rings. The van der Waals surface area contributed by atoms with Crippen molar-refractivity contribution in [3.8, 4) is 0 Å². The van der Waals surface area contributed by atoms with Gasteiger partial charge in [-0.1, -0.05) is 26.2 Å². The SMILES string of the molecule is CCC(C)(CO)NCC1(O)CCCCC1. The smallest absolute Gasteiger partial charge is 0.0771 e. The fourth-order valence-corrected chi connectivity index (χ4v) is 2.06. The maximum absolute atomic E-state index is 10.3. The van der Waals surface area contributed by atoms with E-state index in [-0.39, 0.29) is 12.1 Å². The van der Waals surface area contributed by atoms with Crippen LogP contribution in [-0.2, 0) is 0 Å². The maximum atomic E-state index is 10.3. The van der Waals surface area contributed by atoms with E-state index in [9.17, 15) is 10.2 Å². The van der Waals surface area contributed by atoms with Crippen molar-refractivity contribution in [2.45, 2.75) is 63.5 Å². The molecule has 15 heavy (non-hydrogen) atoms. The first-order valence-electron chi connectivity index (χ1n) is 6.12. The molecule has 0 saturated heterocycles. The normalized spacial score (nSPS) is 24.8. The summed E-state index contributed by atoms with van der Waals surface area (Å²) in [5, 5.41) is 22.8. The molecule has 0 bridgehead atoms. The van der Waals surface area contributed by atoms with Crippen LogP contribution in [0.15, 0.2) is 0 Å². The van der Waals surface area contributed by atoms with Gasteiger partial charge in [0, 0.05) is 12.1 Å². The molecule has 3 heteroatoms. The van der Waals surface area contributed by atoms with Crippen LogP contribution in [-0.4, -0.2) is 34.5 Å². The fraction of sp³-hybridized carbons (Fsp3) is 1.00. The Morgan fingerprint density at radius 3 is 2.33 bits per heavy atom. The average Bonchev–Trinajstić information content (AvgIpc) is 2.27. The maximum Gasteiger partial charge on any atom is 0.0771 e. The number of aliphatic hydroxyl groups is 2. The highest BCUT2D eigenvalue weighted by molar-refractivity contribution is 4.89. The van der Waals surface area contributed by atoms with Crippen LogP contribution in [0, 0.1) is 0 Å². The molecule has 3 nitrogen and oxygen atoms in total. The highest BCUT2D eigenvalue weighted by atomic mass is 16.3. The summed E-state index contributed by atoms with van der Waals surface area (Å²) >= 11 is 0. The Balaban J connectivity index is 2.40. The van der Waals surface area contributed by atoms with E-state index < -0.39 is 5.60 Å². The van der Waals surface area contributed by atoms with E-state index >= 15 is 0 Å². The van der Waals surface area contributed by atoms with Crippen molar-refractivity contribution in [2.75, 3.05) is 13.2 Å². The third kappa shape index (κ3) is 3.74. The molecule has 0 amide bonds. The van der Waals surface area contributed by atoms with Crippen LogP contribution in [0.2, 0.25) is 0 Å². The van der Waals surface area contributed by atoms with Gasteiger partial charge in [0.25, 0.3) is 0 Å². The first kappa shape index (κ1) is 12.9. The van der Waals surface area contributed by atoms with Crippen molar-refractivity contribution in [1.29, 1.82) is 0 Å². The molecule has 3 N–H and O–H groups in total. The van der Waals surface area contributed by atoms with Crippen LogP contribution in [0.4, 0.5) is 0 Å². The molecule has 0 spiro atoms. The van der Waals surface area contributed by atoms with Crippen molar-refractivity contribution < 1.29 is 10.2 Å². The number of hydrogen-bond acceptors (Lipinski definition) is 3. The van der Waals surface area contributed by atoms with E-state index in [2.05, 4.69) is 5.32 Å². The Kier molecular flexibility index (Phi) is 4.56. The third-order valence-corrected chi connectivity index (χ3v) is 3.76. The predicted molar refractivity (Wildman–Crippen MR) is 61.8 cm³/mol. The van der Waals surface area contributed by atoms with Gasteiger partial charge in [-0.25, -0.2) is 0 Å². The topological polar surface area (TPSA) is 52.5 Å². The Morgan fingerprint density at radius 1 is 1.27 bits per heavy atom. The summed E-state index contributed by atoms with van der Waals surface area (Å²) in [6.07, 6.45) is 6.16. The largest absolute Gasteiger partial charge is 0.394 e. The molecular weight excluding hydrogens is 190 g/mol. The monoisotopic (exact) mass is 215 g/mol. The minimum Gasteiger partial charge on any atom is -0.394 e. The van der Waals surface area contributed by atoms with E-state index in [1.807, 2.05) is 13.8 Å². The van der Waals surface area contributed by atoms with E-state index in [0.717, 1.165) is 32.1 Å². The molecule has 0 radical (unpaired) electrons. The molecule has 0 aliphatic heterocycles. The molecule has 1 saturated carbocycles. The lowest BCUT2D eigenvalue weighted by Gasteiger charge is -2.37. The van der Waals surface area contributed by atoms with Gasteiger partial charge in [0.15, 0.2) is 0 Å². The van der Waals surface area contributed by atoms with E-state index in [1.165, 1.54) is 6.42 Å². The van der Waals surface area contributed by atoms with Crippen LogP contribution < -0.4 is 5.32 Å². The van der Waals surface area contributed by atoms with Gasteiger partial charge in [0.2, 0.25) is 0 Å². The van der Waals surface area contributed by atoms with Crippen LogP contribution in [0.5, 0.6) is 0 Å². The summed E-state index contributed by atoms with van der Waals surface area (Å²) in [5.41, 5.74) is -0.781. The molecular formula is C12H25NO2. The lowest BCUT2D eigenvalue weighted by molar-refractivity contribution is -0.00508. The third-order valence-electron chi connectivity index (χ3n) is 3.76. The van der Waals surface area contributed by atoms with Gasteiger partial charge in [-0.15, -0.1) is 0 Å². The molecule has 1 atom stereocenters. The zero-order chi connectivity index (χ0) is 11.4. The second-order valence-electron chi connectivity index (χ2n) is 5.21. The Morgan fingerprint density at radius 2 is 1.87 bits per heavy atom. The van der Waals surface area contributed by atoms with E-state index in [1.54, 1.807) is 0 Å². The molecule has 90 valence electrons. The van der Waals surface area contributed by atoms with Gasteiger partial charge in [0.05, 0.1) is 12.2 Å². The summed E-state index contributed by atoms with van der Waals surface area (Å²) in [6, 6.07) is 0. The van der Waals surface area contributed by atoms with Gasteiger partial charge in [0.1, 0.15) is 0 Å². The van der Waals surface area contributed by atoms with Crippen molar-refractivity contribution >= 4 is 0 Å². The number of aliphatic hydroxyl groups excluding tert-OH is 1. The van der Waals surface area contributed by atoms with Gasteiger partial charge < -0.3 is 15.5 Å². The lowest BCUT2D eigenvalue weighted by Crippen LogP contribution is -2.52. The molecule has 0 aromatic carbocycles. The van der Waals surface area contributed by atoms with Crippen molar-refractivity contribution in [3.63, 3.8) is 0 Å². The Hall–Kier alpha value is -0.120. The Bertz CT molecular complexity index is 184. The predicted octanol–water partition coefficient (Wildman–Crippen LogP) is 1.43. The minimum absolute atomic E-state index is 0.125. The van der Waals surface area contributed by atoms with Crippen molar-refractivity contribution in [3.05, 3.63) is 0 Å². The first-order valence-corrected chi connectivity index (χ1v) is 6.12. The van der Waals surface area contributed by atoms with Crippen molar-refractivity contribution in [2.24, 2.45) is 0 Å². The van der Waals surface area contributed by atoms with E-state index in [0.29, 0.717) is 6.54 Å². The minimum atomic E-state index is -0.538. The van der Waals surface area contributed by atoms with Gasteiger partial charge in [-0.2, -0.15) is 0 Å². The number of hydrogen-bond donors (Lipinski definition) is 3. The summed E-state index contributed by atoms with van der Waals surface area (Å²) < 4.78 is 0. The van der Waals surface area contributed by atoms with Gasteiger partial charge >= 0.3 is 0 Å². The summed E-state index contributed by atoms with van der Waals surface area (Å²) in [6.45, 7) is 4.78. The Labute approximate surface area is 92.9 Å². The summed E-state index contributed by atoms with van der Waals surface area (Å²) in [5.74, 6) is 0. The fourth-order valence-electron chi connectivity index (χ4n) is 2.06. The van der Waals surface area contributed by atoms with Crippen LogP contribution in [0.25, 0.3) is 0 Å². The van der Waals surface area contributed by atoms with Crippen molar-refractivity contribution in [1.82, 2.24) is 5.32 Å². The zero-order valence-corrected chi connectivity index (χ0v) is 10.1. The first-order chi connectivity index (χ1) is 7.04. The molecule has 0 aromatic rings. The highest BCUT2D eigenvalue weighted by Crippen LogP contribution is 2.27. The van der Waals surface area contributed by atoms with Gasteiger partial charge in [-0.05, 0) is 26.2 Å². The van der Waals surface area contributed by atoms with Gasteiger partial charge in [-0.3, -0.25) is 0 Å². The molecule has 0 aromatic heterocycles. The number of β-amino-alcohol motifs (C(OH)–C–C–N with tert-alkyl or cyclic N) is 1. The molecule has 1 aliphatic rings. The number of rotatable bonds is 5. The average molecular weight is 215 g/mol. The van der Waals surface area contributed by atoms with Crippen LogP contribution in [0.3, 0.4) is 0 Å². The molecule has 1 rings (SSSR count). The second kappa shape index (κ2) is 5.28. The highest BCUT2D eigenvalue weighted by Gasteiger charge is 2.31.